The molecular formula is C21H22N6O3. The van der Waals surface area contributed by atoms with E-state index < -0.39 is 5.41 Å². The van der Waals surface area contributed by atoms with Crippen molar-refractivity contribution in [3.8, 4) is 6.07 Å². The third kappa shape index (κ3) is 3.82. The van der Waals surface area contributed by atoms with Gasteiger partial charge < -0.3 is 20.3 Å². The highest BCUT2D eigenvalue weighted by atomic mass is 16.5. The van der Waals surface area contributed by atoms with Crippen molar-refractivity contribution in [3.05, 3.63) is 36.7 Å². The van der Waals surface area contributed by atoms with Crippen LogP contribution >= 0.6 is 0 Å². The summed E-state index contributed by atoms with van der Waals surface area (Å²) in [6.07, 6.45) is 5.62. The number of hydrogen-bond donors (Lipinski definition) is 2. The lowest BCUT2D eigenvalue weighted by atomic mass is 9.83. The average molecular weight is 406 g/mol. The standard InChI is InChI=1S/C21H22N6O3/c1-30-12-19(28)25-15-4-7-23-17(10-15)26-18-11-16(5-8-24-18)27-9-6-21(13-22,20(27)29)14-2-3-14/h4-5,7-8,10-11,14H,2-3,6,9,12H2,1H3,(H2,23,24,25,26,28)/t21-/m1/s1. The Labute approximate surface area is 174 Å². The molecule has 2 aromatic rings. The fraction of sp³-hybridized carbons (Fsp3) is 0.381. The number of carbonyl (C=O) groups is 2. The van der Waals surface area contributed by atoms with Crippen molar-refractivity contribution in [3.63, 3.8) is 0 Å². The number of pyridine rings is 2. The molecule has 0 unspecified atom stereocenters. The first kappa shape index (κ1) is 19.8. The maximum atomic E-state index is 13.0. The van der Waals surface area contributed by atoms with Gasteiger partial charge >= 0.3 is 0 Å². The number of amides is 2. The Balaban J connectivity index is 1.49. The molecule has 1 aliphatic heterocycles. The number of anilines is 4. The van der Waals surface area contributed by atoms with Gasteiger partial charge in [0.2, 0.25) is 11.8 Å². The summed E-state index contributed by atoms with van der Waals surface area (Å²) in [5, 5.41) is 15.5. The third-order valence-corrected chi connectivity index (χ3v) is 5.46. The van der Waals surface area contributed by atoms with E-state index in [9.17, 15) is 14.9 Å². The molecule has 2 aliphatic rings. The van der Waals surface area contributed by atoms with Crippen LogP contribution in [-0.2, 0) is 14.3 Å². The summed E-state index contributed by atoms with van der Waals surface area (Å²) in [7, 11) is 1.45. The molecule has 0 aromatic carbocycles. The van der Waals surface area contributed by atoms with Gasteiger partial charge in [0, 0.05) is 49.6 Å². The molecule has 1 atom stereocenters. The first-order valence-corrected chi connectivity index (χ1v) is 9.77. The van der Waals surface area contributed by atoms with E-state index in [-0.39, 0.29) is 24.3 Å². The summed E-state index contributed by atoms with van der Waals surface area (Å²) < 4.78 is 4.81. The van der Waals surface area contributed by atoms with E-state index >= 15 is 0 Å². The predicted octanol–water partition coefficient (Wildman–Crippen LogP) is 2.46. The molecule has 1 saturated heterocycles. The van der Waals surface area contributed by atoms with E-state index in [1.165, 1.54) is 7.11 Å². The summed E-state index contributed by atoms with van der Waals surface area (Å²) in [6, 6.07) is 9.17. The maximum Gasteiger partial charge on any atom is 0.250 e. The van der Waals surface area contributed by atoms with E-state index in [2.05, 4.69) is 26.7 Å². The molecule has 2 amide bonds. The average Bonchev–Trinajstić information content (AvgIpc) is 3.53. The summed E-state index contributed by atoms with van der Waals surface area (Å²) in [6.45, 7) is 0.481. The molecule has 2 aromatic heterocycles. The fourth-order valence-corrected chi connectivity index (χ4v) is 3.83. The molecular weight excluding hydrogens is 384 g/mol. The van der Waals surface area contributed by atoms with E-state index in [0.29, 0.717) is 36.0 Å². The topological polar surface area (TPSA) is 120 Å². The van der Waals surface area contributed by atoms with Crippen LogP contribution in [0.1, 0.15) is 19.3 Å². The zero-order valence-corrected chi connectivity index (χ0v) is 16.6. The Morgan fingerprint density at radius 2 is 2.03 bits per heavy atom. The molecule has 3 heterocycles. The van der Waals surface area contributed by atoms with Gasteiger partial charge in [-0.15, -0.1) is 0 Å². The lowest BCUT2D eigenvalue weighted by Crippen LogP contribution is -2.35. The molecule has 0 spiro atoms. The number of nitriles is 1. The van der Waals surface area contributed by atoms with Crippen LogP contribution in [0.25, 0.3) is 0 Å². The molecule has 154 valence electrons. The molecule has 30 heavy (non-hydrogen) atoms. The highest BCUT2D eigenvalue weighted by Gasteiger charge is 2.56. The lowest BCUT2D eigenvalue weighted by molar-refractivity contribution is -0.124. The number of hydrogen-bond acceptors (Lipinski definition) is 7. The highest BCUT2D eigenvalue weighted by molar-refractivity contribution is 6.02. The van der Waals surface area contributed by atoms with Crippen molar-refractivity contribution in [1.82, 2.24) is 9.97 Å². The number of aromatic nitrogens is 2. The Morgan fingerprint density at radius 3 is 2.73 bits per heavy atom. The molecule has 0 bridgehead atoms. The summed E-state index contributed by atoms with van der Waals surface area (Å²) in [5.41, 5.74) is 0.385. The smallest absolute Gasteiger partial charge is 0.250 e. The van der Waals surface area contributed by atoms with Gasteiger partial charge in [0.25, 0.3) is 0 Å². The molecule has 2 N–H and O–H groups in total. The second-order valence-electron chi connectivity index (χ2n) is 7.50. The van der Waals surface area contributed by atoms with E-state index in [4.69, 9.17) is 4.74 Å². The molecule has 1 saturated carbocycles. The van der Waals surface area contributed by atoms with Crippen LogP contribution in [0.2, 0.25) is 0 Å². The number of rotatable bonds is 7. The zero-order valence-electron chi connectivity index (χ0n) is 16.6. The normalized spacial score (nSPS) is 20.7. The number of nitrogens with one attached hydrogen (secondary N) is 2. The lowest BCUT2D eigenvalue weighted by Gasteiger charge is -2.21. The van der Waals surface area contributed by atoms with Crippen molar-refractivity contribution in [2.45, 2.75) is 19.3 Å². The predicted molar refractivity (Wildman–Crippen MR) is 110 cm³/mol. The van der Waals surface area contributed by atoms with Crippen LogP contribution < -0.4 is 15.5 Å². The van der Waals surface area contributed by atoms with Crippen molar-refractivity contribution in [2.75, 3.05) is 35.8 Å². The first-order chi connectivity index (χ1) is 14.6. The van der Waals surface area contributed by atoms with Crippen LogP contribution in [0.4, 0.5) is 23.0 Å². The molecule has 1 aliphatic carbocycles. The Morgan fingerprint density at radius 1 is 1.30 bits per heavy atom. The monoisotopic (exact) mass is 406 g/mol. The van der Waals surface area contributed by atoms with Gasteiger partial charge in [-0.1, -0.05) is 0 Å². The minimum Gasteiger partial charge on any atom is -0.375 e. The summed E-state index contributed by atoms with van der Waals surface area (Å²) in [4.78, 5) is 34.9. The third-order valence-electron chi connectivity index (χ3n) is 5.46. The van der Waals surface area contributed by atoms with E-state index in [1.807, 2.05) is 0 Å². The van der Waals surface area contributed by atoms with Gasteiger partial charge in [0.1, 0.15) is 23.7 Å². The molecule has 0 radical (unpaired) electrons. The maximum absolute atomic E-state index is 13.0. The van der Waals surface area contributed by atoms with Crippen molar-refractivity contribution >= 4 is 34.8 Å². The number of ether oxygens (including phenoxy) is 1. The van der Waals surface area contributed by atoms with Crippen LogP contribution in [0, 0.1) is 22.7 Å². The molecule has 4 rings (SSSR count). The van der Waals surface area contributed by atoms with Crippen LogP contribution in [0.5, 0.6) is 0 Å². The second kappa shape index (κ2) is 8.08. The van der Waals surface area contributed by atoms with Crippen LogP contribution in [0.3, 0.4) is 0 Å². The van der Waals surface area contributed by atoms with Gasteiger partial charge in [-0.3, -0.25) is 9.59 Å². The number of nitrogens with zero attached hydrogens (tertiary/aromatic N) is 4. The van der Waals surface area contributed by atoms with Crippen LogP contribution in [0.15, 0.2) is 36.7 Å². The zero-order chi connectivity index (χ0) is 21.1. The second-order valence-corrected chi connectivity index (χ2v) is 7.50. The van der Waals surface area contributed by atoms with Crippen molar-refractivity contribution in [1.29, 1.82) is 5.26 Å². The molecule has 9 heteroatoms. The van der Waals surface area contributed by atoms with Gasteiger partial charge in [0.05, 0.1) is 6.07 Å². The number of methoxy groups -OCH3 is 1. The highest BCUT2D eigenvalue weighted by Crippen LogP contribution is 2.51. The van der Waals surface area contributed by atoms with E-state index in [1.54, 1.807) is 41.6 Å². The molecule has 2 fully saturated rings. The fourth-order valence-electron chi connectivity index (χ4n) is 3.83. The minimum absolute atomic E-state index is 0.0381. The van der Waals surface area contributed by atoms with Crippen molar-refractivity contribution in [2.24, 2.45) is 11.3 Å². The first-order valence-electron chi connectivity index (χ1n) is 9.77. The van der Waals surface area contributed by atoms with Gasteiger partial charge in [-0.2, -0.15) is 5.26 Å². The van der Waals surface area contributed by atoms with Crippen molar-refractivity contribution < 1.29 is 14.3 Å². The quantitative estimate of drug-likeness (QED) is 0.724. The van der Waals surface area contributed by atoms with E-state index in [0.717, 1.165) is 12.8 Å². The van der Waals surface area contributed by atoms with Gasteiger partial charge in [0.15, 0.2) is 0 Å². The summed E-state index contributed by atoms with van der Waals surface area (Å²) >= 11 is 0. The molecule has 9 nitrogen and oxygen atoms in total. The van der Waals surface area contributed by atoms with Gasteiger partial charge in [-0.25, -0.2) is 9.97 Å². The van der Waals surface area contributed by atoms with Crippen LogP contribution in [-0.4, -0.2) is 42.0 Å². The Bertz CT molecular complexity index is 1020. The van der Waals surface area contributed by atoms with Gasteiger partial charge in [-0.05, 0) is 37.3 Å². The Hall–Kier alpha value is -3.51. The Kier molecular flexibility index (Phi) is 5.33. The number of carbonyl (C=O) groups excluding carboxylic acids is 2. The largest absolute Gasteiger partial charge is 0.375 e. The SMILES string of the molecule is COCC(=O)Nc1ccnc(Nc2cc(N3CC[C@@](C#N)(C4CC4)C3=O)ccn2)c1. The summed E-state index contributed by atoms with van der Waals surface area (Å²) in [5.74, 6) is 0.797. The minimum atomic E-state index is -0.882.